The molecule has 1 aromatic heterocycles. The van der Waals surface area contributed by atoms with Gasteiger partial charge in [-0.3, -0.25) is 4.90 Å². The van der Waals surface area contributed by atoms with Crippen LogP contribution in [0.5, 0.6) is 5.75 Å². The minimum absolute atomic E-state index is 0.191. The minimum atomic E-state index is -0.997. The molecule has 0 aliphatic carbocycles. The summed E-state index contributed by atoms with van der Waals surface area (Å²) in [4.78, 5) is 18.8. The molecule has 2 atom stereocenters. The van der Waals surface area contributed by atoms with Crippen LogP contribution >= 0.6 is 23.2 Å². The Morgan fingerprint density at radius 2 is 1.91 bits per heavy atom. The molecule has 224 valence electrons. The second-order valence-corrected chi connectivity index (χ2v) is 12.0. The van der Waals surface area contributed by atoms with E-state index in [4.69, 9.17) is 32.9 Å². The van der Waals surface area contributed by atoms with Crippen molar-refractivity contribution in [3.8, 4) is 5.75 Å². The minimum Gasteiger partial charge on any atom is -0.480 e. The average molecular weight is 625 g/mol. The van der Waals surface area contributed by atoms with Crippen LogP contribution in [0.1, 0.15) is 71.1 Å². The van der Waals surface area contributed by atoms with Gasteiger partial charge in [-0.1, -0.05) is 48.3 Å². The van der Waals surface area contributed by atoms with Crippen molar-refractivity contribution in [2.75, 3.05) is 13.1 Å². The first-order valence-electron chi connectivity index (χ1n) is 14.5. The molecule has 2 N–H and O–H groups in total. The van der Waals surface area contributed by atoms with Crippen LogP contribution in [-0.4, -0.2) is 49.8 Å². The summed E-state index contributed by atoms with van der Waals surface area (Å²) in [7, 11) is 0. The fourth-order valence-electron chi connectivity index (χ4n) is 6.04. The number of fused-ring (bicyclic) bond motifs is 2. The Kier molecular flexibility index (Phi) is 8.47. The summed E-state index contributed by atoms with van der Waals surface area (Å²) >= 11 is 12.7. The number of aliphatic hydroxyl groups excluding tert-OH is 1. The van der Waals surface area contributed by atoms with Crippen molar-refractivity contribution >= 4 is 45.2 Å². The van der Waals surface area contributed by atoms with Gasteiger partial charge >= 0.3 is 5.97 Å². The normalized spacial score (nSPS) is 18.3. The Morgan fingerprint density at radius 1 is 1.12 bits per heavy atom. The van der Waals surface area contributed by atoms with Crippen molar-refractivity contribution in [2.24, 2.45) is 0 Å². The smallest absolute Gasteiger partial charge is 0.335 e. The summed E-state index contributed by atoms with van der Waals surface area (Å²) in [5.74, 6) is 0.279. The maximum Gasteiger partial charge on any atom is 0.335 e. The molecule has 1 unspecified atom stereocenters. The zero-order chi connectivity index (χ0) is 30.2. The van der Waals surface area contributed by atoms with Gasteiger partial charge in [0.15, 0.2) is 0 Å². The van der Waals surface area contributed by atoms with Gasteiger partial charge in [0, 0.05) is 16.1 Å². The summed E-state index contributed by atoms with van der Waals surface area (Å²) in [5, 5.41) is 20.8. The fraction of sp³-hybridized carbons (Fsp3) is 0.333. The van der Waals surface area contributed by atoms with Crippen molar-refractivity contribution in [1.82, 2.24) is 14.5 Å². The average Bonchev–Trinajstić information content (AvgIpc) is 3.32. The number of aliphatic hydroxyl groups is 1. The Morgan fingerprint density at radius 3 is 2.63 bits per heavy atom. The molecule has 10 heteroatoms. The SMILES string of the molecule is CC[C@H](O)Cn1c(CN2CCC(c3cccc4c3OC(c3ccc(Cl)cc3F)C=C4Cl)CC2)nc2ccc(C(=O)O)cc21. The predicted octanol–water partition coefficient (Wildman–Crippen LogP) is 7.39. The third-order valence-corrected chi connectivity index (χ3v) is 9.01. The van der Waals surface area contributed by atoms with Crippen LogP contribution in [0.25, 0.3) is 16.1 Å². The van der Waals surface area contributed by atoms with E-state index in [1.807, 2.05) is 23.6 Å². The van der Waals surface area contributed by atoms with E-state index < -0.39 is 24.0 Å². The Balaban J connectivity index is 1.21. The molecule has 4 aromatic rings. The van der Waals surface area contributed by atoms with E-state index in [0.29, 0.717) is 51.9 Å². The van der Waals surface area contributed by atoms with E-state index in [0.717, 1.165) is 42.9 Å². The number of nitrogens with zero attached hydrogens (tertiary/aromatic N) is 3. The van der Waals surface area contributed by atoms with Crippen LogP contribution < -0.4 is 4.74 Å². The highest BCUT2D eigenvalue weighted by Gasteiger charge is 2.30. The number of para-hydroxylation sites is 1. The van der Waals surface area contributed by atoms with Gasteiger partial charge in [-0.05, 0) is 86.3 Å². The van der Waals surface area contributed by atoms with E-state index in [1.54, 1.807) is 36.4 Å². The van der Waals surface area contributed by atoms with Crippen LogP contribution in [0.15, 0.2) is 60.7 Å². The number of aromatic carboxylic acids is 1. The van der Waals surface area contributed by atoms with E-state index in [-0.39, 0.29) is 11.5 Å². The first kappa shape index (κ1) is 29.6. The molecule has 0 spiro atoms. The zero-order valence-corrected chi connectivity index (χ0v) is 25.2. The number of halogens is 3. The Hall–Kier alpha value is -3.43. The van der Waals surface area contributed by atoms with E-state index >= 15 is 0 Å². The Bertz CT molecular complexity index is 1710. The van der Waals surface area contributed by atoms with Gasteiger partial charge in [0.1, 0.15) is 23.5 Å². The number of carbonyl (C=O) groups is 1. The van der Waals surface area contributed by atoms with Crippen LogP contribution in [0.4, 0.5) is 4.39 Å². The van der Waals surface area contributed by atoms with Crippen molar-refractivity contribution in [2.45, 2.75) is 57.4 Å². The second-order valence-electron chi connectivity index (χ2n) is 11.2. The zero-order valence-electron chi connectivity index (χ0n) is 23.6. The maximum atomic E-state index is 14.8. The molecule has 0 saturated carbocycles. The van der Waals surface area contributed by atoms with Gasteiger partial charge in [0.25, 0.3) is 0 Å². The number of imidazole rings is 1. The molecule has 1 saturated heterocycles. The highest BCUT2D eigenvalue weighted by atomic mass is 35.5. The topological polar surface area (TPSA) is 87.8 Å². The molecule has 0 radical (unpaired) electrons. The lowest BCUT2D eigenvalue weighted by Crippen LogP contribution is -2.34. The molecule has 7 nitrogen and oxygen atoms in total. The molecule has 6 rings (SSSR count). The summed E-state index contributed by atoms with van der Waals surface area (Å²) in [5.41, 5.74) is 3.85. The van der Waals surface area contributed by atoms with Crippen LogP contribution in [0, 0.1) is 5.82 Å². The van der Waals surface area contributed by atoms with Crippen molar-refractivity contribution in [3.63, 3.8) is 0 Å². The van der Waals surface area contributed by atoms with Gasteiger partial charge in [0.2, 0.25) is 0 Å². The molecule has 0 amide bonds. The molecule has 3 heterocycles. The summed E-state index contributed by atoms with van der Waals surface area (Å²) in [6.45, 7) is 4.47. The van der Waals surface area contributed by atoms with Gasteiger partial charge in [0.05, 0.1) is 40.8 Å². The standard InChI is InChI=1S/C33H32Cl2FN3O4/c1-2-22(40)17-39-29-14-20(33(41)42)6-9-28(29)37-31(39)18-38-12-10-19(11-13-38)23-4-3-5-24-26(35)16-30(43-32(23)24)25-8-7-21(34)15-27(25)36/h3-9,14-16,19,22,30,40H,2,10-13,17-18H2,1H3,(H,41,42)/t22-,30?/m0/s1. The molecule has 2 aliphatic rings. The number of hydrogen-bond acceptors (Lipinski definition) is 5. The molecule has 1 fully saturated rings. The number of carboxylic acid groups (broad SMARTS) is 1. The van der Waals surface area contributed by atoms with Crippen LogP contribution in [0.3, 0.4) is 0 Å². The third kappa shape index (κ3) is 6.02. The lowest BCUT2D eigenvalue weighted by Gasteiger charge is -2.34. The number of carboxylic acids is 1. The van der Waals surface area contributed by atoms with E-state index in [2.05, 4.69) is 11.0 Å². The summed E-state index contributed by atoms with van der Waals surface area (Å²) < 4.78 is 23.1. The Labute approximate surface area is 259 Å². The first-order valence-corrected chi connectivity index (χ1v) is 15.2. The maximum absolute atomic E-state index is 14.8. The van der Waals surface area contributed by atoms with Gasteiger partial charge < -0.3 is 19.5 Å². The lowest BCUT2D eigenvalue weighted by atomic mass is 9.87. The summed E-state index contributed by atoms with van der Waals surface area (Å²) in [6, 6.07) is 15.4. The number of piperidine rings is 1. The summed E-state index contributed by atoms with van der Waals surface area (Å²) in [6.07, 6.45) is 2.84. The largest absolute Gasteiger partial charge is 0.480 e. The number of ether oxygens (including phenoxy) is 1. The molecule has 2 aliphatic heterocycles. The van der Waals surface area contributed by atoms with Crippen molar-refractivity contribution in [3.05, 3.63) is 99.6 Å². The number of benzene rings is 3. The van der Waals surface area contributed by atoms with Crippen molar-refractivity contribution in [1.29, 1.82) is 0 Å². The van der Waals surface area contributed by atoms with Crippen LogP contribution in [-0.2, 0) is 13.1 Å². The third-order valence-electron chi connectivity index (χ3n) is 8.45. The second kappa shape index (κ2) is 12.3. The van der Waals surface area contributed by atoms with E-state index in [1.165, 1.54) is 6.07 Å². The molecular formula is C33H32Cl2FN3O4. The number of hydrogen-bond donors (Lipinski definition) is 2. The van der Waals surface area contributed by atoms with Gasteiger partial charge in [-0.15, -0.1) is 0 Å². The highest BCUT2D eigenvalue weighted by Crippen LogP contribution is 2.45. The van der Waals surface area contributed by atoms with E-state index in [9.17, 15) is 19.4 Å². The number of aromatic nitrogens is 2. The molecule has 43 heavy (non-hydrogen) atoms. The van der Waals surface area contributed by atoms with Crippen LogP contribution in [0.2, 0.25) is 5.02 Å². The number of likely N-dealkylation sites (tertiary alicyclic amines) is 1. The van der Waals surface area contributed by atoms with Gasteiger partial charge in [-0.25, -0.2) is 14.2 Å². The monoisotopic (exact) mass is 623 g/mol. The van der Waals surface area contributed by atoms with Gasteiger partial charge in [-0.2, -0.15) is 0 Å². The highest BCUT2D eigenvalue weighted by molar-refractivity contribution is 6.49. The first-order chi connectivity index (χ1) is 20.7. The molecular weight excluding hydrogens is 592 g/mol. The molecule has 3 aromatic carbocycles. The number of rotatable bonds is 8. The van der Waals surface area contributed by atoms with Crippen molar-refractivity contribution < 1.29 is 24.1 Å². The predicted molar refractivity (Wildman–Crippen MR) is 165 cm³/mol. The lowest BCUT2D eigenvalue weighted by molar-refractivity contribution is 0.0697. The quantitative estimate of drug-likeness (QED) is 0.213. The fourth-order valence-corrected chi connectivity index (χ4v) is 6.46. The molecule has 0 bridgehead atoms.